The number of hydrogen-bond donors (Lipinski definition) is 0. The van der Waals surface area contributed by atoms with Gasteiger partial charge in [-0.3, -0.25) is 9.59 Å². The summed E-state index contributed by atoms with van der Waals surface area (Å²) in [5.74, 6) is 1.40. The molecular formula is C18H26N2O5. The van der Waals surface area contributed by atoms with E-state index in [0.717, 1.165) is 5.75 Å². The summed E-state index contributed by atoms with van der Waals surface area (Å²) in [4.78, 5) is 27.7. The second-order valence-electron chi connectivity index (χ2n) is 5.70. The van der Waals surface area contributed by atoms with Crippen molar-refractivity contribution < 1.29 is 23.8 Å². The highest BCUT2D eigenvalue weighted by Gasteiger charge is 2.24. The van der Waals surface area contributed by atoms with Gasteiger partial charge in [-0.25, -0.2) is 0 Å². The van der Waals surface area contributed by atoms with Gasteiger partial charge >= 0.3 is 0 Å². The number of rotatable bonds is 8. The molecule has 25 heavy (non-hydrogen) atoms. The van der Waals surface area contributed by atoms with Crippen LogP contribution in [0.5, 0.6) is 11.5 Å². The molecule has 1 aromatic rings. The number of carbonyl (C=O) groups is 2. The molecule has 0 saturated carbocycles. The smallest absolute Gasteiger partial charge is 0.260 e. The van der Waals surface area contributed by atoms with Crippen molar-refractivity contribution in [3.8, 4) is 11.5 Å². The van der Waals surface area contributed by atoms with E-state index in [1.54, 1.807) is 29.0 Å². The normalized spacial score (nSPS) is 14.3. The van der Waals surface area contributed by atoms with E-state index in [-0.39, 0.29) is 18.4 Å². The SMILES string of the molecule is CCOc1ccc(OCC(=O)N2CCN(C(=O)CCOC)CC2)cc1. The van der Waals surface area contributed by atoms with Crippen LogP contribution in [-0.2, 0) is 14.3 Å². The van der Waals surface area contributed by atoms with Crippen LogP contribution in [0.25, 0.3) is 0 Å². The van der Waals surface area contributed by atoms with E-state index in [4.69, 9.17) is 14.2 Å². The van der Waals surface area contributed by atoms with Crippen molar-refractivity contribution in [3.63, 3.8) is 0 Å². The van der Waals surface area contributed by atoms with Crippen molar-refractivity contribution >= 4 is 11.8 Å². The summed E-state index contributed by atoms with van der Waals surface area (Å²) in [7, 11) is 1.58. The first-order valence-corrected chi connectivity index (χ1v) is 8.54. The van der Waals surface area contributed by atoms with Crippen LogP contribution in [0.1, 0.15) is 13.3 Å². The Morgan fingerprint density at radius 1 is 0.920 bits per heavy atom. The van der Waals surface area contributed by atoms with E-state index in [0.29, 0.717) is 51.6 Å². The summed E-state index contributed by atoms with van der Waals surface area (Å²) in [6.07, 6.45) is 0.380. The number of ether oxygens (including phenoxy) is 3. The molecule has 2 rings (SSSR count). The fraction of sp³-hybridized carbons (Fsp3) is 0.556. The van der Waals surface area contributed by atoms with Gasteiger partial charge in [-0.15, -0.1) is 0 Å². The highest BCUT2D eigenvalue weighted by atomic mass is 16.5. The molecule has 0 atom stereocenters. The van der Waals surface area contributed by atoms with E-state index >= 15 is 0 Å². The minimum absolute atomic E-state index is 0.00833. The maximum atomic E-state index is 12.2. The topological polar surface area (TPSA) is 68.3 Å². The Labute approximate surface area is 148 Å². The minimum Gasteiger partial charge on any atom is -0.494 e. The predicted octanol–water partition coefficient (Wildman–Crippen LogP) is 1.17. The van der Waals surface area contributed by atoms with E-state index < -0.39 is 0 Å². The molecule has 0 radical (unpaired) electrons. The number of amides is 2. The summed E-state index contributed by atoms with van der Waals surface area (Å²) >= 11 is 0. The summed E-state index contributed by atoms with van der Waals surface area (Å²) < 4.78 is 15.8. The lowest BCUT2D eigenvalue weighted by molar-refractivity contribution is -0.141. The predicted molar refractivity (Wildman–Crippen MR) is 92.8 cm³/mol. The Morgan fingerprint density at radius 2 is 1.44 bits per heavy atom. The number of carbonyl (C=O) groups excluding carboxylic acids is 2. The number of methoxy groups -OCH3 is 1. The first kappa shape index (κ1) is 19.1. The van der Waals surface area contributed by atoms with Crippen LogP contribution in [0.4, 0.5) is 0 Å². The summed E-state index contributed by atoms with van der Waals surface area (Å²) in [5, 5.41) is 0. The maximum Gasteiger partial charge on any atom is 0.260 e. The van der Waals surface area contributed by atoms with Gasteiger partial charge in [-0.05, 0) is 31.2 Å². The Bertz CT molecular complexity index is 553. The second kappa shape index (κ2) is 9.88. The van der Waals surface area contributed by atoms with Gasteiger partial charge in [-0.1, -0.05) is 0 Å². The van der Waals surface area contributed by atoms with Crippen molar-refractivity contribution in [1.82, 2.24) is 9.80 Å². The van der Waals surface area contributed by atoms with Gasteiger partial charge in [0.05, 0.1) is 19.6 Å². The summed E-state index contributed by atoms with van der Waals surface area (Å²) in [5.41, 5.74) is 0. The Morgan fingerprint density at radius 3 is 1.96 bits per heavy atom. The van der Waals surface area contributed by atoms with Crippen LogP contribution in [0.15, 0.2) is 24.3 Å². The van der Waals surface area contributed by atoms with E-state index in [1.807, 2.05) is 19.1 Å². The van der Waals surface area contributed by atoms with Crippen molar-refractivity contribution in [3.05, 3.63) is 24.3 Å². The molecule has 0 aliphatic carbocycles. The second-order valence-corrected chi connectivity index (χ2v) is 5.70. The van der Waals surface area contributed by atoms with Crippen LogP contribution in [0, 0.1) is 0 Å². The molecule has 0 N–H and O–H groups in total. The van der Waals surface area contributed by atoms with Crippen molar-refractivity contribution in [2.45, 2.75) is 13.3 Å². The molecule has 1 aromatic carbocycles. The lowest BCUT2D eigenvalue weighted by Crippen LogP contribution is -2.51. The highest BCUT2D eigenvalue weighted by molar-refractivity contribution is 5.79. The van der Waals surface area contributed by atoms with E-state index in [1.165, 1.54) is 0 Å². The number of piperazine rings is 1. The van der Waals surface area contributed by atoms with Crippen LogP contribution >= 0.6 is 0 Å². The Kier molecular flexibility index (Phi) is 7.53. The van der Waals surface area contributed by atoms with Gasteiger partial charge in [0.1, 0.15) is 11.5 Å². The fourth-order valence-corrected chi connectivity index (χ4v) is 2.59. The van der Waals surface area contributed by atoms with E-state index in [2.05, 4.69) is 0 Å². The molecule has 7 heteroatoms. The molecule has 0 bridgehead atoms. The summed E-state index contributed by atoms with van der Waals surface area (Å²) in [6.45, 7) is 5.12. The van der Waals surface area contributed by atoms with E-state index in [9.17, 15) is 9.59 Å². The lowest BCUT2D eigenvalue weighted by atomic mass is 10.2. The molecule has 0 unspecified atom stereocenters. The molecule has 138 valence electrons. The molecule has 1 aliphatic heterocycles. The first-order valence-electron chi connectivity index (χ1n) is 8.54. The highest BCUT2D eigenvalue weighted by Crippen LogP contribution is 2.17. The van der Waals surface area contributed by atoms with Gasteiger partial charge < -0.3 is 24.0 Å². The summed E-state index contributed by atoms with van der Waals surface area (Å²) in [6, 6.07) is 7.19. The standard InChI is InChI=1S/C18H26N2O5/c1-3-24-15-4-6-16(7-5-15)25-14-18(22)20-11-9-19(10-12-20)17(21)8-13-23-2/h4-7H,3,8-14H2,1-2H3. The van der Waals surface area contributed by atoms with Crippen molar-refractivity contribution in [2.24, 2.45) is 0 Å². The molecule has 1 aliphatic rings. The van der Waals surface area contributed by atoms with Crippen LogP contribution in [0.3, 0.4) is 0 Å². The Balaban J connectivity index is 1.72. The van der Waals surface area contributed by atoms with Crippen molar-refractivity contribution in [1.29, 1.82) is 0 Å². The average Bonchev–Trinajstić information content (AvgIpc) is 2.65. The first-order chi connectivity index (χ1) is 12.1. The Hall–Kier alpha value is -2.28. The largest absolute Gasteiger partial charge is 0.494 e. The number of benzene rings is 1. The zero-order valence-electron chi connectivity index (χ0n) is 14.9. The molecule has 1 saturated heterocycles. The van der Waals surface area contributed by atoms with Crippen molar-refractivity contribution in [2.75, 3.05) is 53.1 Å². The van der Waals surface area contributed by atoms with Gasteiger partial charge in [0.25, 0.3) is 5.91 Å². The van der Waals surface area contributed by atoms with Crippen LogP contribution in [0.2, 0.25) is 0 Å². The third-order valence-electron chi connectivity index (χ3n) is 4.00. The van der Waals surface area contributed by atoms with Gasteiger partial charge in [-0.2, -0.15) is 0 Å². The molecule has 7 nitrogen and oxygen atoms in total. The monoisotopic (exact) mass is 350 g/mol. The molecular weight excluding hydrogens is 324 g/mol. The maximum absolute atomic E-state index is 12.2. The van der Waals surface area contributed by atoms with Gasteiger partial charge in [0.15, 0.2) is 6.61 Å². The fourth-order valence-electron chi connectivity index (χ4n) is 2.59. The molecule has 0 spiro atoms. The zero-order chi connectivity index (χ0) is 18.1. The third-order valence-corrected chi connectivity index (χ3v) is 4.00. The zero-order valence-corrected chi connectivity index (χ0v) is 14.9. The average molecular weight is 350 g/mol. The molecule has 2 amide bonds. The third kappa shape index (κ3) is 5.94. The van der Waals surface area contributed by atoms with Gasteiger partial charge in [0, 0.05) is 33.3 Å². The van der Waals surface area contributed by atoms with Crippen LogP contribution in [-0.4, -0.2) is 74.7 Å². The van der Waals surface area contributed by atoms with Crippen LogP contribution < -0.4 is 9.47 Å². The molecule has 1 heterocycles. The minimum atomic E-state index is -0.0714. The molecule has 0 aromatic heterocycles. The quantitative estimate of drug-likeness (QED) is 0.704. The van der Waals surface area contributed by atoms with Gasteiger partial charge in [0.2, 0.25) is 5.91 Å². The molecule has 1 fully saturated rings. The number of nitrogens with zero attached hydrogens (tertiary/aromatic N) is 2. The lowest BCUT2D eigenvalue weighted by Gasteiger charge is -2.34. The number of hydrogen-bond acceptors (Lipinski definition) is 5.